The first kappa shape index (κ1) is 9.73. The first-order valence-electron chi connectivity index (χ1n) is 3.54. The fourth-order valence-corrected chi connectivity index (χ4v) is 0.845. The van der Waals surface area contributed by atoms with Crippen molar-refractivity contribution in [3.05, 3.63) is 16.9 Å². The van der Waals surface area contributed by atoms with Gasteiger partial charge in [-0.05, 0) is 6.92 Å². The third-order valence-electron chi connectivity index (χ3n) is 1.21. The molecular formula is C7H7ClN2O3. The van der Waals surface area contributed by atoms with Gasteiger partial charge in [-0.2, -0.15) is 0 Å². The second-order valence-corrected chi connectivity index (χ2v) is 2.51. The van der Waals surface area contributed by atoms with E-state index in [2.05, 4.69) is 14.9 Å². The molecule has 0 fully saturated rings. The Morgan fingerprint density at radius 1 is 1.69 bits per heavy atom. The van der Waals surface area contributed by atoms with Crippen molar-refractivity contribution in [2.24, 2.45) is 0 Å². The van der Waals surface area contributed by atoms with Crippen LogP contribution in [0.3, 0.4) is 0 Å². The summed E-state index contributed by atoms with van der Waals surface area (Å²) in [5, 5.41) is 16.0. The Kier molecular flexibility index (Phi) is 3.02. The maximum Gasteiger partial charge on any atom is 0.362 e. The number of aromatic hydroxyl groups is 1. The summed E-state index contributed by atoms with van der Waals surface area (Å²) in [6.45, 7) is 1.86. The lowest BCUT2D eigenvalue weighted by Crippen LogP contribution is -2.08. The van der Waals surface area contributed by atoms with Crippen LogP contribution < -0.4 is 0 Å². The first-order chi connectivity index (χ1) is 6.15. The largest absolute Gasteiger partial charge is 0.505 e. The third-order valence-corrected chi connectivity index (χ3v) is 1.40. The number of halogens is 1. The van der Waals surface area contributed by atoms with Crippen LogP contribution >= 0.6 is 11.6 Å². The van der Waals surface area contributed by atoms with Gasteiger partial charge in [0.25, 0.3) is 0 Å². The molecule has 0 aromatic carbocycles. The highest BCUT2D eigenvalue weighted by Gasteiger charge is 2.14. The van der Waals surface area contributed by atoms with Gasteiger partial charge in [-0.3, -0.25) is 0 Å². The minimum Gasteiger partial charge on any atom is -0.505 e. The molecule has 0 bridgehead atoms. The van der Waals surface area contributed by atoms with Gasteiger partial charge in [-0.15, -0.1) is 10.2 Å². The summed E-state index contributed by atoms with van der Waals surface area (Å²) >= 11 is 5.41. The van der Waals surface area contributed by atoms with Gasteiger partial charge in [-0.1, -0.05) is 11.6 Å². The highest BCUT2D eigenvalue weighted by molar-refractivity contribution is 6.29. The molecule has 6 heteroatoms. The topological polar surface area (TPSA) is 72.3 Å². The third kappa shape index (κ3) is 2.29. The summed E-state index contributed by atoms with van der Waals surface area (Å²) in [6, 6.07) is 1.13. The number of carbonyl (C=O) groups is 1. The van der Waals surface area contributed by atoms with E-state index in [0.717, 1.165) is 6.07 Å². The number of esters is 1. The van der Waals surface area contributed by atoms with E-state index >= 15 is 0 Å². The number of aromatic nitrogens is 2. The van der Waals surface area contributed by atoms with Gasteiger partial charge in [0, 0.05) is 6.07 Å². The van der Waals surface area contributed by atoms with Gasteiger partial charge in [-0.25, -0.2) is 4.79 Å². The number of rotatable bonds is 2. The predicted octanol–water partition coefficient (Wildman–Crippen LogP) is 1.01. The summed E-state index contributed by atoms with van der Waals surface area (Å²) < 4.78 is 4.60. The smallest absolute Gasteiger partial charge is 0.362 e. The van der Waals surface area contributed by atoms with E-state index in [1.54, 1.807) is 6.92 Å². The Hall–Kier alpha value is -1.36. The van der Waals surface area contributed by atoms with Crippen LogP contribution in [0.5, 0.6) is 5.75 Å². The molecule has 1 N–H and O–H groups in total. The monoisotopic (exact) mass is 202 g/mol. The van der Waals surface area contributed by atoms with Crippen molar-refractivity contribution in [1.29, 1.82) is 0 Å². The van der Waals surface area contributed by atoms with Gasteiger partial charge in [0.2, 0.25) is 5.69 Å². The standard InChI is InChI=1S/C7H7ClN2O3/c1-2-13-7(12)6-4(11)3-5(8)9-10-6/h3H,2H2,1H3,(H,9,11). The summed E-state index contributed by atoms with van der Waals surface area (Å²) in [5.41, 5.74) is -0.230. The summed E-state index contributed by atoms with van der Waals surface area (Å²) in [4.78, 5) is 11.0. The molecule has 0 aliphatic heterocycles. The molecule has 0 saturated heterocycles. The average molecular weight is 203 g/mol. The molecule has 1 heterocycles. The number of carbonyl (C=O) groups excluding carboxylic acids is 1. The Balaban J connectivity index is 2.95. The molecule has 0 radical (unpaired) electrons. The summed E-state index contributed by atoms with van der Waals surface area (Å²) in [6.07, 6.45) is 0. The normalized spacial score (nSPS) is 9.69. The quantitative estimate of drug-likeness (QED) is 0.725. The molecule has 0 amide bonds. The van der Waals surface area contributed by atoms with Crippen molar-refractivity contribution < 1.29 is 14.6 Å². The van der Waals surface area contributed by atoms with Gasteiger partial charge in [0.1, 0.15) is 0 Å². The van der Waals surface area contributed by atoms with Crippen molar-refractivity contribution in [1.82, 2.24) is 10.2 Å². The van der Waals surface area contributed by atoms with Crippen molar-refractivity contribution in [3.63, 3.8) is 0 Å². The molecule has 1 aromatic heterocycles. The Labute approximate surface area is 79.3 Å². The van der Waals surface area contributed by atoms with Crippen LogP contribution in [0.15, 0.2) is 6.07 Å². The van der Waals surface area contributed by atoms with Crippen LogP contribution in [0.1, 0.15) is 17.4 Å². The molecule has 0 spiro atoms. The maximum atomic E-state index is 11.0. The lowest BCUT2D eigenvalue weighted by molar-refractivity contribution is 0.0514. The second-order valence-electron chi connectivity index (χ2n) is 2.12. The van der Waals surface area contributed by atoms with Crippen LogP contribution in [0.25, 0.3) is 0 Å². The van der Waals surface area contributed by atoms with E-state index in [1.807, 2.05) is 0 Å². The molecule has 0 aliphatic carbocycles. The molecule has 0 saturated carbocycles. The molecule has 1 aromatic rings. The number of ether oxygens (including phenoxy) is 1. The zero-order valence-corrected chi connectivity index (χ0v) is 7.58. The first-order valence-corrected chi connectivity index (χ1v) is 3.92. The fourth-order valence-electron chi connectivity index (χ4n) is 0.704. The van der Waals surface area contributed by atoms with E-state index in [1.165, 1.54) is 0 Å². The highest BCUT2D eigenvalue weighted by Crippen LogP contribution is 2.17. The lowest BCUT2D eigenvalue weighted by Gasteiger charge is -2.01. The molecule has 70 valence electrons. The SMILES string of the molecule is CCOC(=O)c1nnc(Cl)cc1O. The van der Waals surface area contributed by atoms with E-state index in [4.69, 9.17) is 11.6 Å². The van der Waals surface area contributed by atoms with Gasteiger partial charge >= 0.3 is 5.97 Å². The predicted molar refractivity (Wildman–Crippen MR) is 44.7 cm³/mol. The number of hydrogen-bond acceptors (Lipinski definition) is 5. The molecule has 13 heavy (non-hydrogen) atoms. The second kappa shape index (κ2) is 4.04. The van der Waals surface area contributed by atoms with Crippen LogP contribution in [0, 0.1) is 0 Å². The Morgan fingerprint density at radius 2 is 2.38 bits per heavy atom. The summed E-state index contributed by atoms with van der Waals surface area (Å²) in [7, 11) is 0. The van der Waals surface area contributed by atoms with E-state index < -0.39 is 5.97 Å². The van der Waals surface area contributed by atoms with E-state index in [0.29, 0.717) is 0 Å². The lowest BCUT2D eigenvalue weighted by atomic mass is 10.3. The minimum absolute atomic E-state index is 0.0190. The van der Waals surface area contributed by atoms with Crippen molar-refractivity contribution in [3.8, 4) is 5.75 Å². The molecule has 0 unspecified atom stereocenters. The molecule has 0 atom stereocenters. The maximum absolute atomic E-state index is 11.0. The van der Waals surface area contributed by atoms with Crippen LogP contribution in [-0.4, -0.2) is 27.9 Å². The Morgan fingerprint density at radius 3 is 2.92 bits per heavy atom. The van der Waals surface area contributed by atoms with E-state index in [-0.39, 0.29) is 23.2 Å². The van der Waals surface area contributed by atoms with E-state index in [9.17, 15) is 9.90 Å². The average Bonchev–Trinajstić information content (AvgIpc) is 2.04. The molecule has 0 aliphatic rings. The number of nitrogens with zero attached hydrogens (tertiary/aromatic N) is 2. The van der Waals surface area contributed by atoms with Crippen molar-refractivity contribution in [2.75, 3.05) is 6.61 Å². The molecular weight excluding hydrogens is 196 g/mol. The van der Waals surface area contributed by atoms with Crippen molar-refractivity contribution >= 4 is 17.6 Å². The fraction of sp³-hybridized carbons (Fsp3) is 0.286. The van der Waals surface area contributed by atoms with Gasteiger partial charge in [0.15, 0.2) is 10.9 Å². The van der Waals surface area contributed by atoms with Gasteiger partial charge < -0.3 is 9.84 Å². The van der Waals surface area contributed by atoms with Crippen molar-refractivity contribution in [2.45, 2.75) is 6.92 Å². The molecule has 1 rings (SSSR count). The highest BCUT2D eigenvalue weighted by atomic mass is 35.5. The summed E-state index contributed by atoms with van der Waals surface area (Å²) in [5.74, 6) is -1.05. The van der Waals surface area contributed by atoms with Crippen LogP contribution in [0.2, 0.25) is 5.15 Å². The Bertz CT molecular complexity index is 330. The zero-order chi connectivity index (χ0) is 9.84. The van der Waals surface area contributed by atoms with Crippen LogP contribution in [-0.2, 0) is 4.74 Å². The van der Waals surface area contributed by atoms with Crippen LogP contribution in [0.4, 0.5) is 0 Å². The van der Waals surface area contributed by atoms with Gasteiger partial charge in [0.05, 0.1) is 6.61 Å². The number of hydrogen-bond donors (Lipinski definition) is 1. The zero-order valence-electron chi connectivity index (χ0n) is 6.82. The minimum atomic E-state index is -0.718. The molecule has 5 nitrogen and oxygen atoms in total.